The standard InChI is InChI=1S/C19H19F3N4O/c1-25-16-11-23-17(24-13-6-4-5-12(9-13)19(20,21)22)10-15(16)26(18(25)27)14-7-2-3-8-14/h4-6,9-11,14H,2-3,7-8H2,1H3,(H,23,24). The van der Waals surface area contributed by atoms with E-state index in [1.165, 1.54) is 6.07 Å². The molecule has 1 fully saturated rings. The molecule has 0 atom stereocenters. The highest BCUT2D eigenvalue weighted by atomic mass is 19.4. The van der Waals surface area contributed by atoms with Gasteiger partial charge in [-0.2, -0.15) is 13.2 Å². The number of nitrogens with zero attached hydrogens (tertiary/aromatic N) is 3. The van der Waals surface area contributed by atoms with Gasteiger partial charge in [0.05, 0.1) is 22.8 Å². The minimum atomic E-state index is -4.41. The zero-order chi connectivity index (χ0) is 19.2. The molecule has 1 aliphatic rings. The van der Waals surface area contributed by atoms with E-state index in [0.29, 0.717) is 17.0 Å². The van der Waals surface area contributed by atoms with Crippen LogP contribution in [-0.4, -0.2) is 14.1 Å². The fourth-order valence-electron chi connectivity index (χ4n) is 3.76. The quantitative estimate of drug-likeness (QED) is 0.726. The van der Waals surface area contributed by atoms with Crippen molar-refractivity contribution in [3.05, 3.63) is 52.6 Å². The highest BCUT2D eigenvalue weighted by Crippen LogP contribution is 2.33. The van der Waals surface area contributed by atoms with Crippen LogP contribution in [0.5, 0.6) is 0 Å². The third-order valence-electron chi connectivity index (χ3n) is 5.13. The van der Waals surface area contributed by atoms with Crippen LogP contribution in [0.1, 0.15) is 37.3 Å². The molecule has 2 heterocycles. The van der Waals surface area contributed by atoms with E-state index in [9.17, 15) is 18.0 Å². The maximum absolute atomic E-state index is 12.9. The van der Waals surface area contributed by atoms with Crippen molar-refractivity contribution >= 4 is 22.5 Å². The maximum atomic E-state index is 12.9. The third-order valence-corrected chi connectivity index (χ3v) is 5.13. The first kappa shape index (κ1) is 17.6. The lowest BCUT2D eigenvalue weighted by Gasteiger charge is -2.12. The van der Waals surface area contributed by atoms with Crippen molar-refractivity contribution in [2.75, 3.05) is 5.32 Å². The Morgan fingerprint density at radius 3 is 2.59 bits per heavy atom. The lowest BCUT2D eigenvalue weighted by molar-refractivity contribution is -0.137. The van der Waals surface area contributed by atoms with E-state index in [-0.39, 0.29) is 11.7 Å². The number of alkyl halides is 3. The molecule has 0 bridgehead atoms. The number of benzene rings is 1. The van der Waals surface area contributed by atoms with E-state index in [1.807, 2.05) is 0 Å². The summed E-state index contributed by atoms with van der Waals surface area (Å²) in [6.07, 6.45) is 1.27. The van der Waals surface area contributed by atoms with Gasteiger partial charge in [-0.15, -0.1) is 0 Å². The lowest BCUT2D eigenvalue weighted by atomic mass is 10.2. The number of halogens is 3. The van der Waals surface area contributed by atoms with Gasteiger partial charge in [0.2, 0.25) is 0 Å². The summed E-state index contributed by atoms with van der Waals surface area (Å²) in [5.41, 5.74) is 0.939. The Bertz CT molecular complexity index is 1050. The molecule has 27 heavy (non-hydrogen) atoms. The summed E-state index contributed by atoms with van der Waals surface area (Å²) < 4.78 is 42.1. The second kappa shape index (κ2) is 6.44. The molecule has 0 unspecified atom stereocenters. The van der Waals surface area contributed by atoms with E-state index >= 15 is 0 Å². The van der Waals surface area contributed by atoms with E-state index in [1.54, 1.807) is 34.5 Å². The molecule has 5 nitrogen and oxygen atoms in total. The SMILES string of the molecule is Cn1c(=O)n(C2CCCC2)c2cc(Nc3cccc(C(F)(F)F)c3)ncc21. The Morgan fingerprint density at radius 1 is 1.15 bits per heavy atom. The van der Waals surface area contributed by atoms with E-state index in [2.05, 4.69) is 10.3 Å². The minimum absolute atomic E-state index is 0.0880. The Labute approximate surface area is 153 Å². The number of hydrogen-bond acceptors (Lipinski definition) is 3. The zero-order valence-corrected chi connectivity index (χ0v) is 14.8. The molecule has 0 amide bonds. The van der Waals surface area contributed by atoms with Gasteiger partial charge in [0.25, 0.3) is 0 Å². The monoisotopic (exact) mass is 376 g/mol. The number of aryl methyl sites for hydroxylation is 1. The molecule has 0 radical (unpaired) electrons. The van der Waals surface area contributed by atoms with E-state index in [4.69, 9.17) is 0 Å². The molecule has 4 rings (SSSR count). The zero-order valence-electron chi connectivity index (χ0n) is 14.8. The molecule has 0 aliphatic heterocycles. The number of rotatable bonds is 3. The first-order valence-electron chi connectivity index (χ1n) is 8.86. The highest BCUT2D eigenvalue weighted by Gasteiger charge is 2.30. The van der Waals surface area contributed by atoms with Gasteiger partial charge >= 0.3 is 11.9 Å². The lowest BCUT2D eigenvalue weighted by Crippen LogP contribution is -2.24. The van der Waals surface area contributed by atoms with Gasteiger partial charge in [-0.3, -0.25) is 9.13 Å². The summed E-state index contributed by atoms with van der Waals surface area (Å²) >= 11 is 0. The molecule has 3 aromatic rings. The maximum Gasteiger partial charge on any atom is 0.416 e. The Hall–Kier alpha value is -2.77. The molecule has 142 valence electrons. The summed E-state index contributed by atoms with van der Waals surface area (Å²) in [6, 6.07) is 6.86. The predicted molar refractivity (Wildman–Crippen MR) is 97.2 cm³/mol. The predicted octanol–water partition coefficient (Wildman–Crippen LogP) is 4.61. The van der Waals surface area contributed by atoms with Gasteiger partial charge in [0, 0.05) is 24.8 Å². The van der Waals surface area contributed by atoms with Crippen LogP contribution in [0.2, 0.25) is 0 Å². The second-order valence-corrected chi connectivity index (χ2v) is 6.91. The molecule has 1 saturated carbocycles. The number of anilines is 2. The van der Waals surface area contributed by atoms with Crippen LogP contribution in [0.15, 0.2) is 41.3 Å². The van der Waals surface area contributed by atoms with Crippen molar-refractivity contribution in [1.29, 1.82) is 0 Å². The largest absolute Gasteiger partial charge is 0.416 e. The molecular weight excluding hydrogens is 357 g/mol. The second-order valence-electron chi connectivity index (χ2n) is 6.91. The van der Waals surface area contributed by atoms with Gasteiger partial charge in [-0.25, -0.2) is 9.78 Å². The minimum Gasteiger partial charge on any atom is -0.340 e. The smallest absolute Gasteiger partial charge is 0.340 e. The van der Waals surface area contributed by atoms with Crippen LogP contribution in [-0.2, 0) is 13.2 Å². The topological polar surface area (TPSA) is 51.9 Å². The van der Waals surface area contributed by atoms with Crippen LogP contribution in [0.4, 0.5) is 24.7 Å². The van der Waals surface area contributed by atoms with Gasteiger partial charge in [-0.1, -0.05) is 18.9 Å². The van der Waals surface area contributed by atoms with Crippen LogP contribution < -0.4 is 11.0 Å². The van der Waals surface area contributed by atoms with E-state index in [0.717, 1.165) is 43.3 Å². The Morgan fingerprint density at radius 2 is 1.89 bits per heavy atom. The fraction of sp³-hybridized carbons (Fsp3) is 0.368. The molecule has 1 N–H and O–H groups in total. The summed E-state index contributed by atoms with van der Waals surface area (Å²) in [5.74, 6) is 0.402. The number of nitrogens with one attached hydrogen (secondary N) is 1. The number of aromatic nitrogens is 3. The number of fused-ring (bicyclic) bond motifs is 1. The Kier molecular flexibility index (Phi) is 4.20. The van der Waals surface area contributed by atoms with Crippen LogP contribution in [0, 0.1) is 0 Å². The van der Waals surface area contributed by atoms with Crippen molar-refractivity contribution < 1.29 is 13.2 Å². The molecule has 1 aromatic carbocycles. The van der Waals surface area contributed by atoms with Gasteiger partial charge in [0.15, 0.2) is 0 Å². The van der Waals surface area contributed by atoms with Crippen molar-refractivity contribution in [3.63, 3.8) is 0 Å². The van der Waals surface area contributed by atoms with Crippen LogP contribution in [0.3, 0.4) is 0 Å². The molecule has 8 heteroatoms. The first-order chi connectivity index (χ1) is 12.8. The molecule has 1 aliphatic carbocycles. The molecule has 0 saturated heterocycles. The average Bonchev–Trinajstić information content (AvgIpc) is 3.22. The number of pyridine rings is 1. The van der Waals surface area contributed by atoms with Crippen molar-refractivity contribution in [3.8, 4) is 0 Å². The summed E-state index contributed by atoms with van der Waals surface area (Å²) in [6.45, 7) is 0. The van der Waals surface area contributed by atoms with Crippen LogP contribution >= 0.6 is 0 Å². The van der Waals surface area contributed by atoms with Crippen molar-refractivity contribution in [1.82, 2.24) is 14.1 Å². The number of imidazole rings is 1. The molecular formula is C19H19F3N4O. The molecule has 0 spiro atoms. The van der Waals surface area contributed by atoms with E-state index < -0.39 is 11.7 Å². The summed E-state index contributed by atoms with van der Waals surface area (Å²) in [4.78, 5) is 16.9. The highest BCUT2D eigenvalue weighted by molar-refractivity contribution is 5.79. The normalized spacial score (nSPS) is 15.6. The van der Waals surface area contributed by atoms with Crippen molar-refractivity contribution in [2.45, 2.75) is 37.9 Å². The van der Waals surface area contributed by atoms with Gasteiger partial charge in [0.1, 0.15) is 5.82 Å². The van der Waals surface area contributed by atoms with Crippen LogP contribution in [0.25, 0.3) is 11.0 Å². The number of hydrogen-bond donors (Lipinski definition) is 1. The first-order valence-corrected chi connectivity index (χ1v) is 8.86. The summed E-state index contributed by atoms with van der Waals surface area (Å²) in [5, 5.41) is 2.92. The fourth-order valence-corrected chi connectivity index (χ4v) is 3.76. The van der Waals surface area contributed by atoms with Gasteiger partial charge < -0.3 is 5.32 Å². The molecule has 2 aromatic heterocycles. The Balaban J connectivity index is 1.74. The summed E-state index contributed by atoms with van der Waals surface area (Å²) in [7, 11) is 1.71. The van der Waals surface area contributed by atoms with Crippen molar-refractivity contribution in [2.24, 2.45) is 7.05 Å². The average molecular weight is 376 g/mol. The third kappa shape index (κ3) is 3.20. The van der Waals surface area contributed by atoms with Gasteiger partial charge in [-0.05, 0) is 31.0 Å².